The smallest absolute Gasteiger partial charge is 0.193 e. The van der Waals surface area contributed by atoms with E-state index >= 15 is 0 Å². The Labute approximate surface area is 169 Å². The van der Waals surface area contributed by atoms with Crippen LogP contribution in [0.1, 0.15) is 24.8 Å². The van der Waals surface area contributed by atoms with E-state index < -0.39 is 0 Å². The second-order valence-corrected chi connectivity index (χ2v) is 5.62. The predicted molar refractivity (Wildman–Crippen MR) is 117 cm³/mol. The third-order valence-electron chi connectivity index (χ3n) is 3.85. The molecule has 0 saturated carbocycles. The van der Waals surface area contributed by atoms with Gasteiger partial charge in [0.1, 0.15) is 0 Å². The maximum absolute atomic E-state index is 5.34. The molecule has 0 spiro atoms. The molecule has 142 valence electrons. The molecular formula is C19H32IN3O2. The third kappa shape index (κ3) is 8.47. The van der Waals surface area contributed by atoms with Crippen molar-refractivity contribution in [2.45, 2.75) is 25.7 Å². The van der Waals surface area contributed by atoms with Crippen LogP contribution in [0.2, 0.25) is 0 Å². The first kappa shape index (κ1) is 23.6. The van der Waals surface area contributed by atoms with Crippen molar-refractivity contribution in [2.24, 2.45) is 4.99 Å². The van der Waals surface area contributed by atoms with Crippen molar-refractivity contribution in [3.8, 4) is 11.5 Å². The number of guanidine groups is 1. The summed E-state index contributed by atoms with van der Waals surface area (Å²) in [6.45, 7) is 5.61. The van der Waals surface area contributed by atoms with Gasteiger partial charge in [-0.15, -0.1) is 30.6 Å². The number of rotatable bonds is 10. The molecule has 0 fully saturated rings. The van der Waals surface area contributed by atoms with E-state index in [0.29, 0.717) is 0 Å². The zero-order valence-electron chi connectivity index (χ0n) is 15.9. The number of nitrogens with one attached hydrogen (secondary N) is 1. The second-order valence-electron chi connectivity index (χ2n) is 5.62. The first-order valence-electron chi connectivity index (χ1n) is 8.39. The summed E-state index contributed by atoms with van der Waals surface area (Å²) in [5.41, 5.74) is 1.24. The summed E-state index contributed by atoms with van der Waals surface area (Å²) in [5.74, 6) is 2.48. The molecule has 1 N–H and O–H groups in total. The summed E-state index contributed by atoms with van der Waals surface area (Å²) in [4.78, 5) is 6.48. The maximum atomic E-state index is 5.34. The number of methoxy groups -OCH3 is 2. The van der Waals surface area contributed by atoms with Crippen molar-refractivity contribution in [3.63, 3.8) is 0 Å². The Bertz CT molecular complexity index is 535. The van der Waals surface area contributed by atoms with E-state index in [1.54, 1.807) is 14.2 Å². The second kappa shape index (κ2) is 13.8. The highest BCUT2D eigenvalue weighted by atomic mass is 127. The van der Waals surface area contributed by atoms with Gasteiger partial charge in [-0.05, 0) is 43.4 Å². The van der Waals surface area contributed by atoms with E-state index in [1.807, 2.05) is 25.3 Å². The highest BCUT2D eigenvalue weighted by molar-refractivity contribution is 14.0. The molecule has 0 amide bonds. The molecule has 1 aromatic rings. The number of aliphatic imine (C=N–C) groups is 1. The number of hydrogen-bond donors (Lipinski definition) is 1. The van der Waals surface area contributed by atoms with Gasteiger partial charge in [0.25, 0.3) is 0 Å². The number of nitrogens with zero attached hydrogens (tertiary/aromatic N) is 2. The molecule has 5 nitrogen and oxygen atoms in total. The van der Waals surface area contributed by atoms with Gasteiger partial charge in [-0.3, -0.25) is 4.99 Å². The average molecular weight is 461 g/mol. The molecule has 0 aliphatic carbocycles. The van der Waals surface area contributed by atoms with E-state index in [0.717, 1.165) is 56.2 Å². The van der Waals surface area contributed by atoms with Crippen LogP contribution in [0.3, 0.4) is 0 Å². The van der Waals surface area contributed by atoms with E-state index in [9.17, 15) is 0 Å². The quantitative estimate of drug-likeness (QED) is 0.190. The zero-order chi connectivity index (χ0) is 17.8. The van der Waals surface area contributed by atoms with Crippen LogP contribution < -0.4 is 14.8 Å². The zero-order valence-corrected chi connectivity index (χ0v) is 18.2. The highest BCUT2D eigenvalue weighted by Crippen LogP contribution is 2.27. The molecule has 0 aromatic heterocycles. The molecule has 0 atom stereocenters. The number of unbranched alkanes of at least 4 members (excludes halogenated alkanes) is 1. The SMILES string of the molecule is C=CCCCN(C)C(=NC)NCCCc1ccc(OC)c(OC)c1.I. The highest BCUT2D eigenvalue weighted by Gasteiger charge is 2.06. The van der Waals surface area contributed by atoms with Crippen LogP contribution in [-0.4, -0.2) is 52.3 Å². The minimum Gasteiger partial charge on any atom is -0.493 e. The fourth-order valence-electron chi connectivity index (χ4n) is 2.49. The lowest BCUT2D eigenvalue weighted by atomic mass is 10.1. The first-order chi connectivity index (χ1) is 11.7. The van der Waals surface area contributed by atoms with Crippen LogP contribution in [0.4, 0.5) is 0 Å². The van der Waals surface area contributed by atoms with Crippen molar-refractivity contribution in [1.82, 2.24) is 10.2 Å². The Morgan fingerprint density at radius 1 is 1.24 bits per heavy atom. The van der Waals surface area contributed by atoms with Crippen LogP contribution in [-0.2, 0) is 6.42 Å². The molecule has 0 heterocycles. The van der Waals surface area contributed by atoms with Crippen molar-refractivity contribution in [3.05, 3.63) is 36.4 Å². The Balaban J connectivity index is 0.00000576. The van der Waals surface area contributed by atoms with Gasteiger partial charge in [-0.2, -0.15) is 0 Å². The summed E-state index contributed by atoms with van der Waals surface area (Å²) in [5, 5.41) is 3.41. The van der Waals surface area contributed by atoms with Crippen LogP contribution >= 0.6 is 24.0 Å². The largest absolute Gasteiger partial charge is 0.493 e. The lowest BCUT2D eigenvalue weighted by molar-refractivity contribution is 0.354. The van der Waals surface area contributed by atoms with Gasteiger partial charge in [-0.1, -0.05) is 12.1 Å². The van der Waals surface area contributed by atoms with E-state index in [1.165, 1.54) is 5.56 Å². The van der Waals surface area contributed by atoms with Crippen LogP contribution in [0, 0.1) is 0 Å². The van der Waals surface area contributed by atoms with Crippen LogP contribution in [0.15, 0.2) is 35.8 Å². The molecule has 1 rings (SSSR count). The molecule has 0 unspecified atom stereocenters. The minimum atomic E-state index is 0. The number of benzene rings is 1. The summed E-state index contributed by atoms with van der Waals surface area (Å²) in [6.07, 6.45) is 6.07. The topological polar surface area (TPSA) is 46.1 Å². The summed E-state index contributed by atoms with van der Waals surface area (Å²) >= 11 is 0. The maximum Gasteiger partial charge on any atom is 0.193 e. The van der Waals surface area contributed by atoms with Gasteiger partial charge in [0, 0.05) is 27.2 Å². The van der Waals surface area contributed by atoms with E-state index in [-0.39, 0.29) is 24.0 Å². The van der Waals surface area contributed by atoms with Crippen LogP contribution in [0.5, 0.6) is 11.5 Å². The lowest BCUT2D eigenvalue weighted by Crippen LogP contribution is -2.39. The molecule has 0 aliphatic heterocycles. The number of hydrogen-bond acceptors (Lipinski definition) is 3. The number of ether oxygens (including phenoxy) is 2. The number of allylic oxidation sites excluding steroid dienone is 1. The lowest BCUT2D eigenvalue weighted by Gasteiger charge is -2.21. The summed E-state index contributed by atoms with van der Waals surface area (Å²) in [6, 6.07) is 6.07. The monoisotopic (exact) mass is 461 g/mol. The van der Waals surface area contributed by atoms with Gasteiger partial charge in [0.05, 0.1) is 14.2 Å². The fourth-order valence-corrected chi connectivity index (χ4v) is 2.49. The Morgan fingerprint density at radius 2 is 1.96 bits per heavy atom. The fraction of sp³-hybridized carbons (Fsp3) is 0.526. The average Bonchev–Trinajstić information content (AvgIpc) is 2.61. The third-order valence-corrected chi connectivity index (χ3v) is 3.85. The van der Waals surface area contributed by atoms with Crippen molar-refractivity contribution in [1.29, 1.82) is 0 Å². The Hall–Kier alpha value is -1.44. The first-order valence-corrected chi connectivity index (χ1v) is 8.39. The van der Waals surface area contributed by atoms with Gasteiger partial charge < -0.3 is 19.7 Å². The Kier molecular flexibility index (Phi) is 13.0. The van der Waals surface area contributed by atoms with E-state index in [4.69, 9.17) is 9.47 Å². The van der Waals surface area contributed by atoms with Crippen LogP contribution in [0.25, 0.3) is 0 Å². The summed E-state index contributed by atoms with van der Waals surface area (Å²) in [7, 11) is 7.20. The standard InChI is InChI=1S/C19H31N3O2.HI/c1-6-7-8-14-22(3)19(20-2)21-13-9-10-16-11-12-17(23-4)18(15-16)24-5;/h6,11-12,15H,1,7-10,13-14H2,2-5H3,(H,20,21);1H. The predicted octanol–water partition coefficient (Wildman–Crippen LogP) is 3.73. The number of aryl methyl sites for hydroxylation is 1. The molecule has 1 aromatic carbocycles. The van der Waals surface area contributed by atoms with Gasteiger partial charge in [-0.25, -0.2) is 0 Å². The van der Waals surface area contributed by atoms with Gasteiger partial charge in [0.2, 0.25) is 0 Å². The van der Waals surface area contributed by atoms with Gasteiger partial charge in [0.15, 0.2) is 17.5 Å². The molecule has 0 aliphatic rings. The van der Waals surface area contributed by atoms with Gasteiger partial charge >= 0.3 is 0 Å². The van der Waals surface area contributed by atoms with Crippen molar-refractivity contribution in [2.75, 3.05) is 41.4 Å². The normalized spacial score (nSPS) is 10.6. The van der Waals surface area contributed by atoms with E-state index in [2.05, 4.69) is 34.9 Å². The number of halogens is 1. The Morgan fingerprint density at radius 3 is 2.56 bits per heavy atom. The molecule has 25 heavy (non-hydrogen) atoms. The molecule has 0 saturated heterocycles. The minimum absolute atomic E-state index is 0. The molecule has 6 heteroatoms. The molecule has 0 radical (unpaired) electrons. The summed E-state index contributed by atoms with van der Waals surface area (Å²) < 4.78 is 10.6. The molecule has 0 bridgehead atoms. The van der Waals surface area contributed by atoms with Crippen molar-refractivity contribution >= 4 is 29.9 Å². The molecular weight excluding hydrogens is 429 g/mol. The van der Waals surface area contributed by atoms with Crippen molar-refractivity contribution < 1.29 is 9.47 Å².